The highest BCUT2D eigenvalue weighted by Crippen LogP contribution is 2.27. The molecular weight excluding hydrogens is 298 g/mol. The van der Waals surface area contributed by atoms with E-state index in [0.29, 0.717) is 0 Å². The monoisotopic (exact) mass is 308 g/mol. The molecular formula is C14H10N2O6. The van der Waals surface area contributed by atoms with Gasteiger partial charge in [-0.2, -0.15) is 10.2 Å². The Bertz CT molecular complexity index is 719. The van der Waals surface area contributed by atoms with Crippen LogP contribution in [0.3, 0.4) is 0 Å². The number of carboxylic acid groups (broad SMARTS) is 2. The van der Waals surface area contributed by atoms with Gasteiger partial charge in [0, 0.05) is 0 Å². The van der Waals surface area contributed by atoms with Gasteiger partial charge >= 0.3 is 11.9 Å². The Morgan fingerprint density at radius 2 is 1.09 bits per heavy atom. The van der Waals surface area contributed by atoms with E-state index < -0.39 is 23.4 Å². The summed E-state index contributed by atoms with van der Waals surface area (Å²) in [4.78, 5) is 21.8. The summed E-state index contributed by atoms with van der Waals surface area (Å²) in [6.45, 7) is 0. The molecule has 0 saturated heterocycles. The molecule has 4 N–H and O–H groups in total. The molecule has 8 nitrogen and oxygen atoms in total. The van der Waals surface area contributed by atoms with E-state index in [1.54, 1.807) is 0 Å². The van der Waals surface area contributed by atoms with Crippen LogP contribution in [-0.4, -0.2) is 32.4 Å². The smallest absolute Gasteiger partial charge is 0.339 e. The molecule has 0 fully saturated rings. The van der Waals surface area contributed by atoms with Gasteiger partial charge in [0.15, 0.2) is 0 Å². The number of azo groups is 1. The maximum absolute atomic E-state index is 10.9. The number of nitrogens with zero attached hydrogens (tertiary/aromatic N) is 2. The first-order valence-corrected chi connectivity index (χ1v) is 5.93. The number of benzene rings is 2. The SMILES string of the molecule is O=[13C](O)[13c]1cc(N=Nc2cc[13c](O)[13c]([13C](=O)O)c2)cc[13c]1O. The highest BCUT2D eigenvalue weighted by Gasteiger charge is 2.11. The van der Waals surface area contributed by atoms with Crippen LogP contribution in [0.25, 0.3) is 0 Å². The third-order valence-corrected chi connectivity index (χ3v) is 2.70. The Balaban J connectivity index is 2.33. The fourth-order valence-electron chi connectivity index (χ4n) is 1.63. The molecule has 112 valence electrons. The quantitative estimate of drug-likeness (QED) is 0.505. The summed E-state index contributed by atoms with van der Waals surface area (Å²) in [5.41, 5.74) is -0.318. The minimum atomic E-state index is -1.31. The van der Waals surface area contributed by atoms with Crippen LogP contribution in [0.4, 0.5) is 11.4 Å². The zero-order chi connectivity index (χ0) is 16.3. The Labute approximate surface area is 123 Å². The molecule has 0 saturated carbocycles. The largest absolute Gasteiger partial charge is 0.507 e. The van der Waals surface area contributed by atoms with Crippen LogP contribution in [-0.2, 0) is 0 Å². The number of phenols is 2. The first-order valence-electron chi connectivity index (χ1n) is 5.93. The molecule has 2 aromatic rings. The van der Waals surface area contributed by atoms with E-state index in [0.717, 1.165) is 24.3 Å². The second-order valence-corrected chi connectivity index (χ2v) is 4.21. The summed E-state index contributed by atoms with van der Waals surface area (Å²) >= 11 is 0. The van der Waals surface area contributed by atoms with Gasteiger partial charge in [-0.25, -0.2) is 9.59 Å². The lowest BCUT2D eigenvalue weighted by molar-refractivity contribution is 0.0682. The molecule has 0 spiro atoms. The molecule has 0 heterocycles. The number of hydrogen-bond donors (Lipinski definition) is 4. The van der Waals surface area contributed by atoms with Gasteiger partial charge in [0.25, 0.3) is 0 Å². The normalized spacial score (nSPS) is 10.7. The van der Waals surface area contributed by atoms with Crippen molar-refractivity contribution in [1.82, 2.24) is 0 Å². The molecule has 8 heteroatoms. The maximum Gasteiger partial charge on any atom is 0.339 e. The van der Waals surface area contributed by atoms with E-state index in [-0.39, 0.29) is 22.5 Å². The Hall–Kier alpha value is -3.42. The number of aromatic carboxylic acids is 2. The van der Waals surface area contributed by atoms with Gasteiger partial charge < -0.3 is 20.4 Å². The lowest BCUT2D eigenvalue weighted by Crippen LogP contribution is -1.96. The van der Waals surface area contributed by atoms with E-state index in [1.165, 1.54) is 12.1 Å². The second-order valence-electron chi connectivity index (χ2n) is 4.21. The number of hydrogen-bond acceptors (Lipinski definition) is 6. The van der Waals surface area contributed by atoms with Gasteiger partial charge in [0.2, 0.25) is 0 Å². The number of aromatic hydroxyl groups is 2. The van der Waals surface area contributed by atoms with E-state index in [2.05, 4.69) is 10.2 Å². The van der Waals surface area contributed by atoms with Gasteiger partial charge in [-0.15, -0.1) is 0 Å². The number of rotatable bonds is 4. The van der Waals surface area contributed by atoms with Crippen LogP contribution in [0.15, 0.2) is 46.6 Å². The standard InChI is InChI=1S/C14H10N2O6/c17-11-3-1-7(5-9(11)13(19)20)15-16-8-2-4-12(18)10(6-8)14(21)22/h1-6,17-18H,(H,19,20)(H,21,22)/i9+1,10+1,11+1,12+1,13+1,14+1. The molecule has 0 atom stereocenters. The molecule has 0 aliphatic rings. The van der Waals surface area contributed by atoms with Crippen molar-refractivity contribution < 1.29 is 30.0 Å². The third-order valence-electron chi connectivity index (χ3n) is 2.70. The highest BCUT2D eigenvalue weighted by atomic mass is 16.5. The summed E-state index contributed by atoms with van der Waals surface area (Å²) < 4.78 is 0. The zero-order valence-corrected chi connectivity index (χ0v) is 11.0. The summed E-state index contributed by atoms with van der Waals surface area (Å²) in [5, 5.41) is 44.0. The lowest BCUT2D eigenvalue weighted by Gasteiger charge is -2.01. The first kappa shape index (κ1) is 15.0. The van der Waals surface area contributed by atoms with Gasteiger partial charge in [0.05, 0.1) is 11.4 Å². The first-order chi connectivity index (χ1) is 10.4. The van der Waals surface area contributed by atoms with E-state index in [4.69, 9.17) is 10.2 Å². The van der Waals surface area contributed by atoms with Crippen LogP contribution in [0.1, 0.15) is 20.7 Å². The molecule has 0 aromatic heterocycles. The Kier molecular flexibility index (Phi) is 4.03. The molecule has 0 bridgehead atoms. The van der Waals surface area contributed by atoms with Gasteiger partial charge in [-0.1, -0.05) is 0 Å². The predicted octanol–water partition coefficient (Wildman–Crippen LogP) is 2.91. The average Bonchev–Trinajstić information content (AvgIpc) is 2.47. The molecule has 0 amide bonds. The van der Waals surface area contributed by atoms with Crippen molar-refractivity contribution in [2.24, 2.45) is 10.2 Å². The zero-order valence-electron chi connectivity index (χ0n) is 11.0. The van der Waals surface area contributed by atoms with Crippen LogP contribution >= 0.6 is 0 Å². The van der Waals surface area contributed by atoms with Crippen molar-refractivity contribution in [2.45, 2.75) is 0 Å². The lowest BCUT2D eigenvalue weighted by atomic mass is 10.4. The van der Waals surface area contributed by atoms with Crippen LogP contribution in [0, 0.1) is 0 Å². The predicted molar refractivity (Wildman–Crippen MR) is 74.3 cm³/mol. The van der Waals surface area contributed by atoms with Crippen molar-refractivity contribution in [1.29, 1.82) is 0 Å². The minimum Gasteiger partial charge on any atom is -0.507 e. The average molecular weight is 308 g/mol. The molecule has 2 aromatic carbocycles. The topological polar surface area (TPSA) is 140 Å². The Morgan fingerprint density at radius 3 is 1.41 bits per heavy atom. The molecule has 22 heavy (non-hydrogen) atoms. The van der Waals surface area contributed by atoms with Crippen molar-refractivity contribution in [3.05, 3.63) is 47.5 Å². The molecule has 0 radical (unpaired) electrons. The van der Waals surface area contributed by atoms with Gasteiger partial charge in [0.1, 0.15) is 22.6 Å². The molecule has 0 unspecified atom stereocenters. The summed E-state index contributed by atoms with van der Waals surface area (Å²) in [7, 11) is 0. The summed E-state index contributed by atoms with van der Waals surface area (Å²) in [6, 6.07) is 7.28. The van der Waals surface area contributed by atoms with Crippen molar-refractivity contribution in [3.63, 3.8) is 0 Å². The minimum absolute atomic E-state index is 0.167. The van der Waals surface area contributed by atoms with E-state index >= 15 is 0 Å². The highest BCUT2D eigenvalue weighted by molar-refractivity contribution is 5.92. The molecule has 0 aliphatic heterocycles. The van der Waals surface area contributed by atoms with Crippen LogP contribution in [0.5, 0.6) is 11.5 Å². The van der Waals surface area contributed by atoms with Crippen LogP contribution < -0.4 is 0 Å². The molecule has 0 aliphatic carbocycles. The van der Waals surface area contributed by atoms with Crippen molar-refractivity contribution in [2.75, 3.05) is 0 Å². The number of carbonyl (C=O) groups is 2. The van der Waals surface area contributed by atoms with Gasteiger partial charge in [-0.3, -0.25) is 0 Å². The van der Waals surface area contributed by atoms with Crippen LogP contribution in [0.2, 0.25) is 0 Å². The Morgan fingerprint density at radius 1 is 0.727 bits per heavy atom. The second kappa shape index (κ2) is 5.92. The van der Waals surface area contributed by atoms with Gasteiger partial charge in [-0.05, 0) is 36.4 Å². The summed E-state index contributed by atoms with van der Waals surface area (Å²) in [6.07, 6.45) is 0. The summed E-state index contributed by atoms with van der Waals surface area (Å²) in [5.74, 6) is -3.42. The van der Waals surface area contributed by atoms with E-state index in [1.807, 2.05) is 0 Å². The third kappa shape index (κ3) is 3.18. The van der Waals surface area contributed by atoms with E-state index in [9.17, 15) is 19.8 Å². The maximum atomic E-state index is 10.9. The van der Waals surface area contributed by atoms with Crippen molar-refractivity contribution in [3.8, 4) is 11.5 Å². The molecule has 2 rings (SSSR count). The fourth-order valence-corrected chi connectivity index (χ4v) is 1.63. The van der Waals surface area contributed by atoms with Crippen molar-refractivity contribution >= 4 is 23.3 Å². The number of carboxylic acids is 2. The fraction of sp³-hybridized carbons (Fsp3) is 0.